The van der Waals surface area contributed by atoms with E-state index in [1.54, 1.807) is 0 Å². The number of phosphoric ester groups is 1. The molecule has 0 aromatic rings. The van der Waals surface area contributed by atoms with Gasteiger partial charge < -0.3 is 29.9 Å². The number of aliphatic carboxylic acids is 1. The Bertz CT molecular complexity index is 1030. The predicted molar refractivity (Wildman–Crippen MR) is 207 cm³/mol. The zero-order valence-electron chi connectivity index (χ0n) is 33.1. The Morgan fingerprint density at radius 3 is 1.77 bits per heavy atom. The molecule has 4 N–H and O–H groups in total. The fourth-order valence-electron chi connectivity index (χ4n) is 6.01. The lowest BCUT2D eigenvalue weighted by Gasteiger charge is -2.20. The van der Waals surface area contributed by atoms with Crippen LogP contribution in [-0.2, 0) is 42.2 Å². The van der Waals surface area contributed by atoms with Gasteiger partial charge in [0.25, 0.3) is 0 Å². The molecule has 0 aromatic heterocycles. The molecule has 1 aliphatic rings. The number of carbonyl (C=O) groups is 3. The van der Waals surface area contributed by atoms with E-state index in [1.165, 1.54) is 77.0 Å². The quantitative estimate of drug-likeness (QED) is 0.0178. The van der Waals surface area contributed by atoms with Crippen LogP contribution in [-0.4, -0.2) is 72.1 Å². The molecule has 1 fully saturated rings. The number of carboxylic acids is 1. The van der Waals surface area contributed by atoms with E-state index in [9.17, 15) is 23.8 Å². The molecule has 5 atom stereocenters. The minimum Gasteiger partial charge on any atom is -0.480 e. The van der Waals surface area contributed by atoms with Gasteiger partial charge in [-0.3, -0.25) is 23.4 Å². The van der Waals surface area contributed by atoms with Crippen molar-refractivity contribution in [3.63, 3.8) is 0 Å². The molecular formula is C40H74NO11P. The van der Waals surface area contributed by atoms with Crippen molar-refractivity contribution in [2.75, 3.05) is 19.8 Å². The van der Waals surface area contributed by atoms with Crippen molar-refractivity contribution >= 4 is 25.7 Å². The number of hydrogen-bond donors (Lipinski definition) is 3. The Morgan fingerprint density at radius 2 is 1.19 bits per heavy atom. The zero-order valence-corrected chi connectivity index (χ0v) is 34.0. The third kappa shape index (κ3) is 30.1. The summed E-state index contributed by atoms with van der Waals surface area (Å²) in [6, 6.07) is -1.52. The highest BCUT2D eigenvalue weighted by Crippen LogP contribution is 2.43. The lowest BCUT2D eigenvalue weighted by molar-refractivity contribution is -0.161. The van der Waals surface area contributed by atoms with Crippen LogP contribution in [0, 0.1) is 0 Å². The van der Waals surface area contributed by atoms with E-state index in [4.69, 9.17) is 29.6 Å². The van der Waals surface area contributed by atoms with Crippen molar-refractivity contribution in [2.24, 2.45) is 5.73 Å². The summed E-state index contributed by atoms with van der Waals surface area (Å²) in [6.45, 7) is 2.75. The minimum atomic E-state index is -4.72. The maximum Gasteiger partial charge on any atom is 0.472 e. The average Bonchev–Trinajstić information content (AvgIpc) is 3.89. The second kappa shape index (κ2) is 32.4. The normalized spacial score (nSPS) is 17.7. The Kier molecular flexibility index (Phi) is 30.1. The number of carboxylic acid groups (broad SMARTS) is 1. The lowest BCUT2D eigenvalue weighted by atomic mass is 10.0. The molecule has 53 heavy (non-hydrogen) atoms. The summed E-state index contributed by atoms with van der Waals surface area (Å²) in [5.41, 5.74) is 5.33. The first-order valence-corrected chi connectivity index (χ1v) is 22.3. The molecule has 1 aliphatic heterocycles. The fourth-order valence-corrected chi connectivity index (χ4v) is 6.79. The van der Waals surface area contributed by atoms with E-state index in [0.717, 1.165) is 64.2 Å². The van der Waals surface area contributed by atoms with Crippen LogP contribution in [0.15, 0.2) is 12.2 Å². The van der Waals surface area contributed by atoms with E-state index < -0.39 is 51.1 Å². The number of ether oxygens (including phenoxy) is 3. The van der Waals surface area contributed by atoms with E-state index >= 15 is 0 Å². The molecule has 310 valence electrons. The number of unbranched alkanes of at least 4 members (excludes halogenated alkanes) is 19. The van der Waals surface area contributed by atoms with Crippen LogP contribution in [0.3, 0.4) is 0 Å². The van der Waals surface area contributed by atoms with E-state index in [2.05, 4.69) is 30.5 Å². The van der Waals surface area contributed by atoms with Crippen LogP contribution in [0.4, 0.5) is 0 Å². The summed E-state index contributed by atoms with van der Waals surface area (Å²) in [6.07, 6.45) is 31.5. The Morgan fingerprint density at radius 1 is 0.679 bits per heavy atom. The largest absolute Gasteiger partial charge is 0.480 e. The number of epoxide rings is 1. The molecule has 1 rings (SSSR count). The highest BCUT2D eigenvalue weighted by molar-refractivity contribution is 7.47. The lowest BCUT2D eigenvalue weighted by Crippen LogP contribution is -2.34. The number of phosphoric acid groups is 1. The molecule has 0 saturated carbocycles. The number of allylic oxidation sites excluding steroid dienone is 1. The van der Waals surface area contributed by atoms with Crippen molar-refractivity contribution in [3.05, 3.63) is 12.2 Å². The maximum absolute atomic E-state index is 12.6. The van der Waals surface area contributed by atoms with Gasteiger partial charge in [-0.2, -0.15) is 0 Å². The number of nitrogens with two attached hydrogens (primary N) is 1. The Hall–Kier alpha value is -1.82. The Balaban J connectivity index is 2.30. The van der Waals surface area contributed by atoms with E-state index in [-0.39, 0.29) is 19.4 Å². The summed E-state index contributed by atoms with van der Waals surface area (Å²) in [4.78, 5) is 45.9. The first-order chi connectivity index (χ1) is 25.6. The van der Waals surface area contributed by atoms with Crippen molar-refractivity contribution in [1.29, 1.82) is 0 Å². The first kappa shape index (κ1) is 49.2. The summed E-state index contributed by atoms with van der Waals surface area (Å²) in [5.74, 6) is -2.40. The predicted octanol–water partition coefficient (Wildman–Crippen LogP) is 9.49. The summed E-state index contributed by atoms with van der Waals surface area (Å²) >= 11 is 0. The third-order valence-electron chi connectivity index (χ3n) is 9.44. The van der Waals surface area contributed by atoms with Crippen LogP contribution >= 0.6 is 7.82 Å². The van der Waals surface area contributed by atoms with Gasteiger partial charge in [-0.05, 0) is 38.5 Å². The number of hydrogen-bond acceptors (Lipinski definition) is 10. The first-order valence-electron chi connectivity index (χ1n) is 20.8. The molecule has 0 spiro atoms. The fraction of sp³-hybridized carbons (Fsp3) is 0.875. The highest BCUT2D eigenvalue weighted by atomic mass is 31.2. The molecule has 0 bridgehead atoms. The van der Waals surface area contributed by atoms with Gasteiger partial charge in [0.2, 0.25) is 0 Å². The topological polar surface area (TPSA) is 184 Å². The van der Waals surface area contributed by atoms with Gasteiger partial charge in [-0.25, -0.2) is 4.57 Å². The molecule has 0 aliphatic carbocycles. The van der Waals surface area contributed by atoms with Gasteiger partial charge in [0.15, 0.2) is 6.10 Å². The molecule has 0 aromatic carbocycles. The standard InChI is InChI=1S/C40H74NO11P/c1-3-5-7-9-11-12-13-14-15-16-17-21-26-30-39(43)51-34(32-49-53(46,47)50-33-35(41)40(44)45)31-48-38(42)29-25-22-18-20-24-28-37-36(52-37)27-23-19-10-8-6-4-2/h19,23,34-37H,3-18,20-22,24-33,41H2,1-2H3,(H,44,45)(H,46,47)/b23-19-/t34-,35+,36?,37?/m1/s1. The minimum absolute atomic E-state index is 0.159. The van der Waals surface area contributed by atoms with Crippen LogP contribution in [0.2, 0.25) is 0 Å². The van der Waals surface area contributed by atoms with Crippen LogP contribution in [0.5, 0.6) is 0 Å². The molecule has 1 heterocycles. The molecule has 3 unspecified atom stereocenters. The molecule has 12 nitrogen and oxygen atoms in total. The van der Waals surface area contributed by atoms with Crippen LogP contribution < -0.4 is 5.73 Å². The van der Waals surface area contributed by atoms with Crippen molar-refractivity contribution < 1.29 is 52.2 Å². The van der Waals surface area contributed by atoms with Crippen molar-refractivity contribution in [1.82, 2.24) is 0 Å². The maximum atomic E-state index is 12.6. The summed E-state index contributed by atoms with van der Waals surface area (Å²) in [5, 5.41) is 8.88. The van der Waals surface area contributed by atoms with E-state index in [1.807, 2.05) is 0 Å². The van der Waals surface area contributed by atoms with Gasteiger partial charge in [0, 0.05) is 12.8 Å². The molecule has 1 saturated heterocycles. The highest BCUT2D eigenvalue weighted by Gasteiger charge is 2.36. The molecule has 0 radical (unpaired) electrons. The van der Waals surface area contributed by atoms with Crippen molar-refractivity contribution in [3.8, 4) is 0 Å². The van der Waals surface area contributed by atoms with Crippen LogP contribution in [0.25, 0.3) is 0 Å². The second-order valence-electron chi connectivity index (χ2n) is 14.5. The number of esters is 2. The van der Waals surface area contributed by atoms with Gasteiger partial charge in [0.1, 0.15) is 12.6 Å². The Labute approximate surface area is 320 Å². The number of carbonyl (C=O) groups excluding carboxylic acids is 2. The molecule has 0 amide bonds. The van der Waals surface area contributed by atoms with Gasteiger partial charge in [-0.1, -0.05) is 142 Å². The molecule has 13 heteroatoms. The van der Waals surface area contributed by atoms with Gasteiger partial charge >= 0.3 is 25.7 Å². The summed E-state index contributed by atoms with van der Waals surface area (Å²) in [7, 11) is -4.72. The summed E-state index contributed by atoms with van der Waals surface area (Å²) < 4.78 is 38.4. The monoisotopic (exact) mass is 775 g/mol. The van der Waals surface area contributed by atoms with E-state index in [0.29, 0.717) is 25.0 Å². The van der Waals surface area contributed by atoms with Crippen molar-refractivity contribution in [2.45, 2.75) is 205 Å². The SMILES string of the molecule is CCCCC/C=C\CC1OC1CCCCCCCC(=O)OC[C@H](COP(=O)(O)OC[C@H](N)C(=O)O)OC(=O)CCCCCCCCCCCCCCC. The second-order valence-corrected chi connectivity index (χ2v) is 16.0. The third-order valence-corrected chi connectivity index (χ3v) is 10.4. The number of rotatable bonds is 38. The van der Waals surface area contributed by atoms with Gasteiger partial charge in [0.05, 0.1) is 25.4 Å². The average molecular weight is 776 g/mol. The zero-order chi connectivity index (χ0) is 39.0. The molecular weight excluding hydrogens is 701 g/mol. The van der Waals surface area contributed by atoms with Crippen LogP contribution in [0.1, 0.15) is 181 Å². The smallest absolute Gasteiger partial charge is 0.472 e. The van der Waals surface area contributed by atoms with Gasteiger partial charge in [-0.15, -0.1) is 0 Å².